The van der Waals surface area contributed by atoms with Crippen molar-refractivity contribution in [3.63, 3.8) is 0 Å². The van der Waals surface area contributed by atoms with Crippen LogP contribution in [0.25, 0.3) is 5.52 Å². The second-order valence-electron chi connectivity index (χ2n) is 13.8. The molecule has 2 heterocycles. The molecule has 14 heteroatoms. The number of aromatic nitrogens is 3. The molecule has 0 aliphatic rings. The number of fused-ring (bicyclic) bond motifs is 1. The topological polar surface area (TPSA) is 181 Å². The van der Waals surface area contributed by atoms with Gasteiger partial charge in [-0.15, -0.1) is 0 Å². The van der Waals surface area contributed by atoms with E-state index in [2.05, 4.69) is 23.1 Å². The maximum Gasteiger partial charge on any atom is 0.329 e. The Labute approximate surface area is 329 Å². The zero-order chi connectivity index (χ0) is 40.0. The molecule has 55 heavy (non-hydrogen) atoms. The number of unbranched alkanes of at least 4 members (excludes halogenated alkanes) is 15. The number of nitriles is 2. The molecule has 4 N–H and O–H groups in total. The van der Waals surface area contributed by atoms with Crippen LogP contribution in [0.1, 0.15) is 139 Å². The maximum absolute atomic E-state index is 12.5. The predicted molar refractivity (Wildman–Crippen MR) is 214 cm³/mol. The molecule has 0 aliphatic heterocycles. The van der Waals surface area contributed by atoms with Crippen LogP contribution in [0.5, 0.6) is 0 Å². The largest absolute Gasteiger partial charge is 0.392 e. The molecule has 3 rings (SSSR count). The number of nitrogens with zero attached hydrogens (tertiary/aromatic N) is 5. The summed E-state index contributed by atoms with van der Waals surface area (Å²) in [4.78, 5) is 14.2. The third-order valence-corrected chi connectivity index (χ3v) is 10.1. The fraction of sp³-hybridized carbons (Fsp3) is 0.659. The van der Waals surface area contributed by atoms with Gasteiger partial charge in [-0.1, -0.05) is 103 Å². The van der Waals surface area contributed by atoms with E-state index in [-0.39, 0.29) is 18.8 Å². The lowest BCUT2D eigenvalue weighted by molar-refractivity contribution is -0.0110. The Morgan fingerprint density at radius 3 is 2.05 bits per heavy atom. The molecule has 12 nitrogen and oxygen atoms in total. The third-order valence-electron chi connectivity index (χ3n) is 9.39. The number of anilines is 1. The minimum Gasteiger partial charge on any atom is -0.392 e. The van der Waals surface area contributed by atoms with Crippen molar-refractivity contribution >= 4 is 19.9 Å². The number of rotatable bonds is 30. The van der Waals surface area contributed by atoms with Crippen LogP contribution in [0.3, 0.4) is 0 Å². The van der Waals surface area contributed by atoms with Gasteiger partial charge >= 0.3 is 8.60 Å². The van der Waals surface area contributed by atoms with E-state index in [9.17, 15) is 14.5 Å². The first-order chi connectivity index (χ1) is 26.8. The van der Waals surface area contributed by atoms with Crippen LogP contribution in [0.4, 0.5) is 10.2 Å². The Morgan fingerprint density at radius 2 is 1.47 bits per heavy atom. The number of benzene rings is 1. The Hall–Kier alpha value is -3.26. The molecule has 2 aromatic heterocycles. The van der Waals surface area contributed by atoms with Crippen LogP contribution in [-0.2, 0) is 31.5 Å². The van der Waals surface area contributed by atoms with Gasteiger partial charge in [0.1, 0.15) is 23.7 Å². The number of aliphatic hydroxyl groups excluding tert-OH is 1. The zero-order valence-electron chi connectivity index (χ0n) is 33.1. The highest BCUT2D eigenvalue weighted by molar-refractivity contribution is 7.40. The van der Waals surface area contributed by atoms with Gasteiger partial charge in [-0.05, 0) is 61.6 Å². The molecule has 306 valence electrons. The molecule has 0 radical (unpaired) electrons. The second kappa shape index (κ2) is 30.0. The van der Waals surface area contributed by atoms with E-state index in [1.54, 1.807) is 10.6 Å². The SMILES string of the molecule is CCCCCCCCCCCCCCCCCCOCCCOP(O)OCC(C#N)(CCc1ccc2c(N)ncnn12)OC.N#Cc1cc(F)cc(CO)c1. The molecule has 2 unspecified atom stereocenters. The average Bonchev–Trinajstić information content (AvgIpc) is 3.63. The lowest BCUT2D eigenvalue weighted by Crippen LogP contribution is -2.35. The van der Waals surface area contributed by atoms with Crippen LogP contribution in [0, 0.1) is 28.5 Å². The number of aliphatic hydroxyl groups is 1. The van der Waals surface area contributed by atoms with Crippen molar-refractivity contribution in [2.75, 3.05) is 39.3 Å². The number of hydrogen-bond acceptors (Lipinski definition) is 11. The van der Waals surface area contributed by atoms with Gasteiger partial charge in [0.2, 0.25) is 0 Å². The standard InChI is InChI=1S/C33H58N5O5P.C8H6FNO/c1-3-4-5-6-7-8-9-10-11-12-13-14-15-16-17-18-24-41-25-19-26-42-44(39)43-28-33(27-34,40-2)23-22-30-20-21-31-32(35)36-29-37-38(30)31;9-8-2-6(4-10)1-7(3-8)5-11/h20-21,29,39H,3-19,22-26,28H2,1-2H3,(H2,35,36,37);1-3,11H,5H2. The van der Waals surface area contributed by atoms with Crippen LogP contribution in [-0.4, -0.2) is 63.7 Å². The molecule has 0 bridgehead atoms. The summed E-state index contributed by atoms with van der Waals surface area (Å²) >= 11 is 0. The maximum atomic E-state index is 12.5. The normalized spacial score (nSPS) is 12.8. The van der Waals surface area contributed by atoms with Crippen molar-refractivity contribution in [2.45, 2.75) is 141 Å². The smallest absolute Gasteiger partial charge is 0.329 e. The van der Waals surface area contributed by atoms with Crippen molar-refractivity contribution in [2.24, 2.45) is 0 Å². The van der Waals surface area contributed by atoms with Crippen molar-refractivity contribution in [1.82, 2.24) is 14.6 Å². The van der Waals surface area contributed by atoms with Crippen molar-refractivity contribution in [1.29, 1.82) is 10.5 Å². The zero-order valence-corrected chi connectivity index (χ0v) is 34.0. The summed E-state index contributed by atoms with van der Waals surface area (Å²) in [6, 6.07) is 11.5. The molecule has 0 saturated heterocycles. The fourth-order valence-electron chi connectivity index (χ4n) is 6.05. The second-order valence-corrected chi connectivity index (χ2v) is 14.8. The van der Waals surface area contributed by atoms with E-state index in [1.165, 1.54) is 122 Å². The Bertz CT molecular complexity index is 1540. The van der Waals surface area contributed by atoms with E-state index in [0.29, 0.717) is 49.4 Å². The highest BCUT2D eigenvalue weighted by atomic mass is 31.2. The number of hydrogen-bond donors (Lipinski definition) is 3. The number of halogens is 1. The first-order valence-electron chi connectivity index (χ1n) is 20.0. The summed E-state index contributed by atoms with van der Waals surface area (Å²) in [5.41, 5.74) is 6.89. The lowest BCUT2D eigenvalue weighted by atomic mass is 9.99. The van der Waals surface area contributed by atoms with Gasteiger partial charge in [-0.3, -0.25) is 0 Å². The van der Waals surface area contributed by atoms with Crippen molar-refractivity contribution < 1.29 is 32.9 Å². The summed E-state index contributed by atoms with van der Waals surface area (Å²) in [5, 5.41) is 31.0. The van der Waals surface area contributed by atoms with E-state index in [4.69, 9.17) is 34.6 Å². The monoisotopic (exact) mass is 786 g/mol. The summed E-state index contributed by atoms with van der Waals surface area (Å²) < 4.78 is 36.3. The van der Waals surface area contributed by atoms with Crippen LogP contribution < -0.4 is 5.73 Å². The van der Waals surface area contributed by atoms with Gasteiger partial charge in [0.25, 0.3) is 0 Å². The Balaban J connectivity index is 0.000000810. The van der Waals surface area contributed by atoms with Gasteiger partial charge in [-0.25, -0.2) is 13.9 Å². The highest BCUT2D eigenvalue weighted by Gasteiger charge is 2.32. The number of methoxy groups -OCH3 is 1. The first-order valence-corrected chi connectivity index (χ1v) is 21.1. The van der Waals surface area contributed by atoms with Crippen molar-refractivity contribution in [3.05, 3.63) is 59.3 Å². The summed E-state index contributed by atoms with van der Waals surface area (Å²) in [7, 11) is -0.662. The molecule has 0 fully saturated rings. The average molecular weight is 787 g/mol. The van der Waals surface area contributed by atoms with Gasteiger partial charge in [-0.2, -0.15) is 15.6 Å². The number of nitrogen functional groups attached to an aromatic ring is 1. The van der Waals surface area contributed by atoms with E-state index in [1.807, 2.05) is 12.1 Å². The molecule has 0 amide bonds. The number of nitrogens with two attached hydrogens (primary N) is 1. The van der Waals surface area contributed by atoms with Gasteiger partial charge in [0, 0.05) is 26.0 Å². The molecule has 3 aromatic rings. The van der Waals surface area contributed by atoms with Gasteiger partial charge in [0.15, 0.2) is 11.4 Å². The number of ether oxygens (including phenoxy) is 2. The molecule has 0 saturated carbocycles. The molecule has 0 aliphatic carbocycles. The van der Waals surface area contributed by atoms with Gasteiger partial charge < -0.3 is 34.3 Å². The van der Waals surface area contributed by atoms with E-state index in [0.717, 1.165) is 24.8 Å². The van der Waals surface area contributed by atoms with Crippen LogP contribution in [0.2, 0.25) is 0 Å². The van der Waals surface area contributed by atoms with Crippen molar-refractivity contribution in [3.8, 4) is 12.1 Å². The van der Waals surface area contributed by atoms with Crippen LogP contribution >= 0.6 is 8.60 Å². The molecule has 0 spiro atoms. The molecule has 2 atom stereocenters. The minimum absolute atomic E-state index is 0.113. The molecular weight excluding hydrogens is 722 g/mol. The minimum atomic E-state index is -2.12. The fourth-order valence-corrected chi connectivity index (χ4v) is 6.73. The lowest BCUT2D eigenvalue weighted by Gasteiger charge is -2.25. The number of aryl methyl sites for hydroxylation is 1. The van der Waals surface area contributed by atoms with E-state index < -0.39 is 20.0 Å². The summed E-state index contributed by atoms with van der Waals surface area (Å²) in [5.74, 6) is -0.102. The van der Waals surface area contributed by atoms with E-state index >= 15 is 0 Å². The van der Waals surface area contributed by atoms with Gasteiger partial charge in [0.05, 0.1) is 31.5 Å². The summed E-state index contributed by atoms with van der Waals surface area (Å²) in [6.45, 7) is 3.59. The summed E-state index contributed by atoms with van der Waals surface area (Å²) in [6.07, 6.45) is 24.6. The first kappa shape index (κ1) is 47.9. The highest BCUT2D eigenvalue weighted by Crippen LogP contribution is 2.35. The molecular formula is C41H64FN6O6P. The van der Waals surface area contributed by atoms with Crippen LogP contribution in [0.15, 0.2) is 36.7 Å². The Morgan fingerprint density at radius 1 is 0.855 bits per heavy atom. The quantitative estimate of drug-likeness (QED) is 0.0433. The predicted octanol–water partition coefficient (Wildman–Crippen LogP) is 9.26. The molecule has 1 aromatic carbocycles. The third kappa shape index (κ3) is 20.5. The Kier molecular flexibility index (Phi) is 26.1.